The Bertz CT molecular complexity index is 1090. The maximum atomic E-state index is 10.7. The van der Waals surface area contributed by atoms with Gasteiger partial charge in [0.2, 0.25) is 0 Å². The molecule has 0 unspecified atom stereocenters. The average molecular weight is 472 g/mol. The monoisotopic (exact) mass is 471 g/mol. The average Bonchev–Trinajstić information content (AvgIpc) is 2.82. The summed E-state index contributed by atoms with van der Waals surface area (Å²) in [7, 11) is -6.09. The first-order valence-corrected chi connectivity index (χ1v) is 11.2. The largest absolute Gasteiger partial charge is 0.741 e. The number of quaternary nitrogens is 1. The van der Waals surface area contributed by atoms with E-state index in [-0.39, 0.29) is 0 Å². The van der Waals surface area contributed by atoms with Crippen LogP contribution in [0.3, 0.4) is 0 Å². The number of rotatable bonds is 4. The van der Waals surface area contributed by atoms with Gasteiger partial charge in [-0.25, -0.2) is 8.42 Å². The SMILES string of the molecule is O=S(=O)([O-])C(F)(F)F.c1ccc([N+](c2ccccc2)(c2ccccc2)c2ccccc2)cc1. The molecule has 33 heavy (non-hydrogen) atoms. The Morgan fingerprint density at radius 2 is 0.697 bits per heavy atom. The van der Waals surface area contributed by atoms with E-state index in [1.807, 2.05) is 0 Å². The van der Waals surface area contributed by atoms with E-state index in [2.05, 4.69) is 121 Å². The Morgan fingerprint density at radius 1 is 0.515 bits per heavy atom. The third-order valence-corrected chi connectivity index (χ3v) is 5.42. The molecule has 0 radical (unpaired) electrons. The van der Waals surface area contributed by atoms with E-state index >= 15 is 0 Å². The predicted octanol–water partition coefficient (Wildman–Crippen LogP) is 7.04. The quantitative estimate of drug-likeness (QED) is 0.182. The summed E-state index contributed by atoms with van der Waals surface area (Å²) in [4.78, 5) is 0. The van der Waals surface area contributed by atoms with E-state index in [9.17, 15) is 13.2 Å². The Kier molecular flexibility index (Phi) is 7.33. The van der Waals surface area contributed by atoms with Crippen LogP contribution in [0.1, 0.15) is 0 Å². The number of nitrogens with zero attached hydrogens (tertiary/aromatic N) is 1. The van der Waals surface area contributed by atoms with E-state index in [1.165, 1.54) is 22.7 Å². The number of benzene rings is 4. The summed E-state index contributed by atoms with van der Waals surface area (Å²) in [6, 6.07) is 42.8. The van der Waals surface area contributed by atoms with E-state index in [1.54, 1.807) is 0 Å². The van der Waals surface area contributed by atoms with Gasteiger partial charge in [-0.1, -0.05) is 72.8 Å². The summed E-state index contributed by atoms with van der Waals surface area (Å²) in [6.07, 6.45) is 0. The molecule has 0 aliphatic carbocycles. The van der Waals surface area contributed by atoms with E-state index in [0.717, 1.165) is 0 Å². The predicted molar refractivity (Wildman–Crippen MR) is 122 cm³/mol. The molecular weight excluding hydrogens is 451 g/mol. The summed E-state index contributed by atoms with van der Waals surface area (Å²) in [5, 5.41) is 0. The number of alkyl halides is 3. The molecule has 0 heterocycles. The van der Waals surface area contributed by atoms with Crippen molar-refractivity contribution in [2.24, 2.45) is 0 Å². The lowest BCUT2D eigenvalue weighted by molar-refractivity contribution is -0.0517. The van der Waals surface area contributed by atoms with Gasteiger partial charge in [0.05, 0.1) is 0 Å². The van der Waals surface area contributed by atoms with E-state index in [4.69, 9.17) is 13.0 Å². The van der Waals surface area contributed by atoms with E-state index < -0.39 is 15.6 Å². The second-order valence-corrected chi connectivity index (χ2v) is 8.28. The lowest BCUT2D eigenvalue weighted by Gasteiger charge is -2.37. The van der Waals surface area contributed by atoms with Gasteiger partial charge in [0, 0.05) is 48.5 Å². The number of hydrogen-bond acceptors (Lipinski definition) is 3. The summed E-state index contributed by atoms with van der Waals surface area (Å²) >= 11 is 0. The van der Waals surface area contributed by atoms with Gasteiger partial charge in [-0.05, 0) is 0 Å². The van der Waals surface area contributed by atoms with E-state index in [0.29, 0.717) is 4.48 Å². The second-order valence-electron chi connectivity index (χ2n) is 6.91. The molecule has 0 atom stereocenters. The molecule has 4 rings (SSSR count). The maximum absolute atomic E-state index is 10.7. The van der Waals surface area contributed by atoms with Crippen LogP contribution in [0.4, 0.5) is 35.9 Å². The summed E-state index contributed by atoms with van der Waals surface area (Å²) in [5.41, 5.74) is -0.790. The fraction of sp³-hybridized carbons (Fsp3) is 0.0400. The highest BCUT2D eigenvalue weighted by Crippen LogP contribution is 2.50. The Balaban J connectivity index is 0.000000331. The minimum Gasteiger partial charge on any atom is -0.741 e. The van der Waals surface area contributed by atoms with Crippen LogP contribution >= 0.6 is 0 Å². The van der Waals surface area contributed by atoms with Gasteiger partial charge in [0.1, 0.15) is 22.7 Å². The van der Waals surface area contributed by atoms with Crippen molar-refractivity contribution < 1.29 is 26.1 Å². The smallest absolute Gasteiger partial charge is 0.485 e. The molecule has 0 bridgehead atoms. The zero-order chi connectivity index (χ0) is 24.0. The third kappa shape index (κ3) is 5.31. The Hall–Kier alpha value is -3.46. The van der Waals surface area contributed by atoms with Crippen LogP contribution in [0.5, 0.6) is 0 Å². The molecule has 8 heteroatoms. The summed E-state index contributed by atoms with van der Waals surface area (Å²) < 4.78 is 59.5. The normalized spacial score (nSPS) is 11.9. The van der Waals surface area contributed by atoms with Crippen molar-refractivity contribution in [3.05, 3.63) is 121 Å². The molecule has 0 saturated carbocycles. The van der Waals surface area contributed by atoms with Crippen LogP contribution < -0.4 is 4.48 Å². The van der Waals surface area contributed by atoms with Crippen LogP contribution in [0.2, 0.25) is 0 Å². The first-order valence-electron chi connectivity index (χ1n) is 9.81. The van der Waals surface area contributed by atoms with Crippen LogP contribution in [-0.4, -0.2) is 18.5 Å². The third-order valence-electron chi connectivity index (χ3n) is 4.86. The van der Waals surface area contributed by atoms with Gasteiger partial charge in [0.15, 0.2) is 10.1 Å². The van der Waals surface area contributed by atoms with Crippen LogP contribution in [0.15, 0.2) is 121 Å². The van der Waals surface area contributed by atoms with Crippen molar-refractivity contribution in [2.45, 2.75) is 5.51 Å². The molecule has 0 spiro atoms. The standard InChI is InChI=1S/C24H20N.CHF3O3S/c1-5-13-21(14-6-1)25(22-15-7-2-8-16-22,23-17-9-3-10-18-23)24-19-11-4-12-20-24;2-1(3,4)8(5,6)7/h1-20H;(H,5,6,7)/q+1;/p-1. The zero-order valence-electron chi connectivity index (χ0n) is 17.3. The van der Waals surface area contributed by atoms with Gasteiger partial charge < -0.3 is 4.55 Å². The highest BCUT2D eigenvalue weighted by atomic mass is 32.2. The van der Waals surface area contributed by atoms with Crippen LogP contribution in [0.25, 0.3) is 0 Å². The number of para-hydroxylation sites is 4. The fourth-order valence-corrected chi connectivity index (χ4v) is 3.50. The summed E-state index contributed by atoms with van der Waals surface area (Å²) in [5.74, 6) is 0. The van der Waals surface area contributed by atoms with Crippen molar-refractivity contribution in [3.63, 3.8) is 0 Å². The van der Waals surface area contributed by atoms with Crippen LogP contribution in [-0.2, 0) is 10.1 Å². The Morgan fingerprint density at radius 3 is 0.848 bits per heavy atom. The topological polar surface area (TPSA) is 57.2 Å². The molecule has 0 aliphatic rings. The van der Waals surface area contributed by atoms with Gasteiger partial charge >= 0.3 is 5.51 Å². The van der Waals surface area contributed by atoms with Crippen molar-refractivity contribution in [2.75, 3.05) is 0 Å². The molecule has 4 nitrogen and oxygen atoms in total. The fourth-order valence-electron chi connectivity index (χ4n) is 3.50. The van der Waals surface area contributed by atoms with Gasteiger partial charge in [0.25, 0.3) is 0 Å². The molecule has 0 aliphatic heterocycles. The number of halogens is 3. The van der Waals surface area contributed by atoms with Crippen molar-refractivity contribution in [1.29, 1.82) is 0 Å². The molecular formula is C25H20F3NO3S. The number of hydrogen-bond donors (Lipinski definition) is 0. The highest BCUT2D eigenvalue weighted by molar-refractivity contribution is 7.86. The van der Waals surface area contributed by atoms with Gasteiger partial charge in [-0.3, -0.25) is 0 Å². The molecule has 4 aromatic rings. The molecule has 0 N–H and O–H groups in total. The van der Waals surface area contributed by atoms with Gasteiger partial charge in [-0.15, -0.1) is 0 Å². The van der Waals surface area contributed by atoms with Crippen molar-refractivity contribution in [1.82, 2.24) is 4.48 Å². The molecule has 0 fully saturated rings. The molecule has 170 valence electrons. The zero-order valence-corrected chi connectivity index (χ0v) is 18.1. The second kappa shape index (κ2) is 9.99. The first-order chi connectivity index (χ1) is 15.7. The molecule has 0 aromatic heterocycles. The minimum atomic E-state index is -6.09. The van der Waals surface area contributed by atoms with Crippen molar-refractivity contribution in [3.8, 4) is 0 Å². The molecule has 0 amide bonds. The lowest BCUT2D eigenvalue weighted by Crippen LogP contribution is -2.33. The minimum absolute atomic E-state index is 0.559. The highest BCUT2D eigenvalue weighted by Gasteiger charge is 2.38. The lowest BCUT2D eigenvalue weighted by atomic mass is 10.1. The van der Waals surface area contributed by atoms with Crippen LogP contribution in [0, 0.1) is 0 Å². The first kappa shape index (κ1) is 24.2. The van der Waals surface area contributed by atoms with Gasteiger partial charge in [-0.2, -0.15) is 17.7 Å². The van der Waals surface area contributed by atoms with Crippen molar-refractivity contribution >= 4 is 32.9 Å². The molecule has 0 saturated heterocycles. The summed E-state index contributed by atoms with van der Waals surface area (Å²) in [6.45, 7) is 0. The maximum Gasteiger partial charge on any atom is 0.485 e. The molecule has 4 aromatic carbocycles. The Labute approximate surface area is 190 Å².